The predicted octanol–water partition coefficient (Wildman–Crippen LogP) is 3.63. The minimum atomic E-state index is -0.0744. The summed E-state index contributed by atoms with van der Waals surface area (Å²) >= 11 is 0. The van der Waals surface area contributed by atoms with Gasteiger partial charge in [-0.3, -0.25) is 9.59 Å². The molecule has 1 aliphatic rings. The molecule has 0 unspecified atom stereocenters. The van der Waals surface area contributed by atoms with Crippen molar-refractivity contribution in [2.45, 2.75) is 39.2 Å². The summed E-state index contributed by atoms with van der Waals surface area (Å²) in [6.07, 6.45) is 1.84. The van der Waals surface area contributed by atoms with E-state index in [-0.39, 0.29) is 17.9 Å². The van der Waals surface area contributed by atoms with E-state index in [2.05, 4.69) is 5.32 Å². The molecule has 1 aliphatic heterocycles. The van der Waals surface area contributed by atoms with Crippen molar-refractivity contribution in [3.05, 3.63) is 59.7 Å². The van der Waals surface area contributed by atoms with Gasteiger partial charge in [0, 0.05) is 18.7 Å². The van der Waals surface area contributed by atoms with Gasteiger partial charge >= 0.3 is 0 Å². The Hall–Kier alpha value is -2.82. The first-order valence-electron chi connectivity index (χ1n) is 9.48. The summed E-state index contributed by atoms with van der Waals surface area (Å²) < 4.78 is 5.44. The van der Waals surface area contributed by atoms with E-state index in [1.807, 2.05) is 62.4 Å². The number of hydrogen-bond donors (Lipinski definition) is 1. The summed E-state index contributed by atoms with van der Waals surface area (Å²) in [5.74, 6) is 0.974. The van der Waals surface area contributed by atoms with Gasteiger partial charge in [-0.15, -0.1) is 0 Å². The molecule has 0 radical (unpaired) electrons. The van der Waals surface area contributed by atoms with Crippen LogP contribution in [0.5, 0.6) is 5.75 Å². The van der Waals surface area contributed by atoms with Crippen LogP contribution in [0.1, 0.15) is 43.9 Å². The highest BCUT2D eigenvalue weighted by Gasteiger charge is 2.21. The lowest BCUT2D eigenvalue weighted by Crippen LogP contribution is -2.28. The zero-order chi connectivity index (χ0) is 19.2. The smallest absolute Gasteiger partial charge is 0.227 e. The van der Waals surface area contributed by atoms with Gasteiger partial charge in [0.15, 0.2) is 0 Å². The van der Waals surface area contributed by atoms with Crippen molar-refractivity contribution in [2.75, 3.05) is 18.1 Å². The van der Waals surface area contributed by atoms with Crippen LogP contribution in [0.15, 0.2) is 48.5 Å². The predicted molar refractivity (Wildman–Crippen MR) is 106 cm³/mol. The molecule has 5 heteroatoms. The summed E-state index contributed by atoms with van der Waals surface area (Å²) in [7, 11) is 0. The van der Waals surface area contributed by atoms with Crippen molar-refractivity contribution < 1.29 is 14.3 Å². The van der Waals surface area contributed by atoms with Crippen molar-refractivity contribution in [3.8, 4) is 5.75 Å². The second kappa shape index (κ2) is 8.71. The summed E-state index contributed by atoms with van der Waals surface area (Å²) in [5, 5.41) is 3.03. The normalized spacial score (nSPS) is 14.9. The van der Waals surface area contributed by atoms with E-state index < -0.39 is 0 Å². The highest BCUT2D eigenvalue weighted by Crippen LogP contribution is 2.22. The van der Waals surface area contributed by atoms with Crippen LogP contribution < -0.4 is 15.0 Å². The highest BCUT2D eigenvalue weighted by atomic mass is 16.5. The van der Waals surface area contributed by atoms with Gasteiger partial charge in [0.05, 0.1) is 19.1 Å². The van der Waals surface area contributed by atoms with Crippen molar-refractivity contribution in [1.82, 2.24) is 5.32 Å². The summed E-state index contributed by atoms with van der Waals surface area (Å²) in [5.41, 5.74) is 2.88. The molecule has 2 aromatic rings. The van der Waals surface area contributed by atoms with Crippen molar-refractivity contribution in [3.63, 3.8) is 0 Å². The fourth-order valence-corrected chi connectivity index (χ4v) is 3.30. The summed E-state index contributed by atoms with van der Waals surface area (Å²) in [6, 6.07) is 15.4. The first-order valence-corrected chi connectivity index (χ1v) is 9.48. The number of hydrogen-bond acceptors (Lipinski definition) is 3. The van der Waals surface area contributed by atoms with Crippen molar-refractivity contribution >= 4 is 17.5 Å². The van der Waals surface area contributed by atoms with E-state index in [1.165, 1.54) is 0 Å². The van der Waals surface area contributed by atoms with Crippen LogP contribution in [0.25, 0.3) is 0 Å². The standard InChI is InChI=1S/C22H26N2O3/c1-3-27-20-12-8-18(9-13-20)16(2)23-21(25)15-17-6-10-19(11-7-17)24-14-4-5-22(24)26/h6-13,16H,3-5,14-15H2,1-2H3,(H,23,25)/t16-/m1/s1. The molecule has 27 heavy (non-hydrogen) atoms. The average molecular weight is 366 g/mol. The first-order chi connectivity index (χ1) is 13.1. The molecule has 1 fully saturated rings. The molecule has 5 nitrogen and oxygen atoms in total. The molecule has 1 heterocycles. The lowest BCUT2D eigenvalue weighted by atomic mass is 10.1. The van der Waals surface area contributed by atoms with Crippen molar-refractivity contribution in [2.24, 2.45) is 0 Å². The van der Waals surface area contributed by atoms with E-state index in [1.54, 1.807) is 4.90 Å². The SMILES string of the molecule is CCOc1ccc([C@@H](C)NC(=O)Cc2ccc(N3CCCC3=O)cc2)cc1. The quantitative estimate of drug-likeness (QED) is 0.814. The minimum Gasteiger partial charge on any atom is -0.494 e. The van der Waals surface area contributed by atoms with E-state index in [0.717, 1.165) is 35.5 Å². The van der Waals surface area contributed by atoms with Gasteiger partial charge in [-0.1, -0.05) is 24.3 Å². The lowest BCUT2D eigenvalue weighted by molar-refractivity contribution is -0.121. The van der Waals surface area contributed by atoms with Gasteiger partial charge in [0.1, 0.15) is 5.75 Å². The van der Waals surface area contributed by atoms with E-state index >= 15 is 0 Å². The number of carbonyl (C=O) groups excluding carboxylic acids is 2. The molecule has 0 aromatic heterocycles. The molecular weight excluding hydrogens is 340 g/mol. The van der Waals surface area contributed by atoms with Gasteiger partial charge < -0.3 is 15.0 Å². The number of benzene rings is 2. The molecule has 2 amide bonds. The lowest BCUT2D eigenvalue weighted by Gasteiger charge is -2.17. The number of carbonyl (C=O) groups is 2. The first kappa shape index (κ1) is 19.0. The Balaban J connectivity index is 1.54. The molecule has 3 rings (SSSR count). The Morgan fingerprint density at radius 2 is 1.85 bits per heavy atom. The molecule has 0 spiro atoms. The Morgan fingerprint density at radius 1 is 1.15 bits per heavy atom. The Morgan fingerprint density at radius 3 is 2.44 bits per heavy atom. The number of nitrogens with one attached hydrogen (secondary N) is 1. The third-order valence-electron chi connectivity index (χ3n) is 4.75. The van der Waals surface area contributed by atoms with Crippen LogP contribution in [-0.2, 0) is 16.0 Å². The number of nitrogens with zero attached hydrogens (tertiary/aromatic N) is 1. The molecule has 0 bridgehead atoms. The van der Waals surface area contributed by atoms with E-state index in [0.29, 0.717) is 19.4 Å². The molecule has 142 valence electrons. The van der Waals surface area contributed by atoms with Gasteiger partial charge in [0.25, 0.3) is 0 Å². The second-order valence-corrected chi connectivity index (χ2v) is 6.78. The Labute approximate surface area is 160 Å². The Bertz CT molecular complexity index is 784. The van der Waals surface area contributed by atoms with E-state index in [9.17, 15) is 9.59 Å². The number of ether oxygens (including phenoxy) is 1. The fourth-order valence-electron chi connectivity index (χ4n) is 3.30. The molecule has 1 atom stereocenters. The van der Waals surface area contributed by atoms with Crippen LogP contribution in [0.2, 0.25) is 0 Å². The topological polar surface area (TPSA) is 58.6 Å². The molecule has 1 saturated heterocycles. The maximum absolute atomic E-state index is 12.4. The highest BCUT2D eigenvalue weighted by molar-refractivity contribution is 5.95. The van der Waals surface area contributed by atoms with Gasteiger partial charge in [0.2, 0.25) is 11.8 Å². The molecule has 0 saturated carbocycles. The minimum absolute atomic E-state index is 0.0265. The average Bonchev–Trinajstić information content (AvgIpc) is 3.09. The molecule has 2 aromatic carbocycles. The third-order valence-corrected chi connectivity index (χ3v) is 4.75. The van der Waals surface area contributed by atoms with E-state index in [4.69, 9.17) is 4.74 Å². The number of anilines is 1. The molecule has 0 aliphatic carbocycles. The molecule has 1 N–H and O–H groups in total. The largest absolute Gasteiger partial charge is 0.494 e. The van der Waals surface area contributed by atoms with Gasteiger partial charge in [-0.05, 0) is 55.7 Å². The van der Waals surface area contributed by atoms with Crippen LogP contribution in [0.4, 0.5) is 5.69 Å². The van der Waals surface area contributed by atoms with Crippen LogP contribution in [0.3, 0.4) is 0 Å². The Kier molecular flexibility index (Phi) is 6.12. The zero-order valence-electron chi connectivity index (χ0n) is 15.9. The fraction of sp³-hybridized carbons (Fsp3) is 0.364. The van der Waals surface area contributed by atoms with Gasteiger partial charge in [-0.2, -0.15) is 0 Å². The van der Waals surface area contributed by atoms with Crippen LogP contribution in [0, 0.1) is 0 Å². The summed E-state index contributed by atoms with van der Waals surface area (Å²) in [4.78, 5) is 26.0. The number of rotatable bonds is 7. The monoisotopic (exact) mass is 366 g/mol. The number of amides is 2. The maximum Gasteiger partial charge on any atom is 0.227 e. The van der Waals surface area contributed by atoms with Crippen LogP contribution in [-0.4, -0.2) is 25.0 Å². The molecular formula is C22H26N2O3. The zero-order valence-corrected chi connectivity index (χ0v) is 15.9. The van der Waals surface area contributed by atoms with Gasteiger partial charge in [-0.25, -0.2) is 0 Å². The second-order valence-electron chi connectivity index (χ2n) is 6.78. The van der Waals surface area contributed by atoms with Crippen LogP contribution >= 0.6 is 0 Å². The third kappa shape index (κ3) is 4.88. The van der Waals surface area contributed by atoms with Crippen molar-refractivity contribution in [1.29, 1.82) is 0 Å². The maximum atomic E-state index is 12.4. The summed E-state index contributed by atoms with van der Waals surface area (Å²) in [6.45, 7) is 5.33.